The van der Waals surface area contributed by atoms with Crippen LogP contribution in [-0.2, 0) is 6.54 Å². The first kappa shape index (κ1) is 14.1. The van der Waals surface area contributed by atoms with Gasteiger partial charge in [-0.1, -0.05) is 33.8 Å². The number of hydrogen-bond acceptors (Lipinski definition) is 3. The molecule has 17 heavy (non-hydrogen) atoms. The van der Waals surface area contributed by atoms with Gasteiger partial charge in [0.15, 0.2) is 0 Å². The number of nitrogens with two attached hydrogens (primary N) is 1. The number of pyridine rings is 1. The van der Waals surface area contributed by atoms with Gasteiger partial charge in [0, 0.05) is 25.3 Å². The Labute approximate surface area is 105 Å². The molecule has 0 unspecified atom stereocenters. The molecule has 1 aromatic heterocycles. The Bertz CT molecular complexity index is 316. The van der Waals surface area contributed by atoms with Gasteiger partial charge in [0.05, 0.1) is 5.69 Å². The largest absolute Gasteiger partial charge is 0.326 e. The average Bonchev–Trinajstić information content (AvgIpc) is 2.28. The van der Waals surface area contributed by atoms with Crippen LogP contribution in [0, 0.1) is 5.41 Å². The maximum atomic E-state index is 6.22. The van der Waals surface area contributed by atoms with E-state index >= 15 is 0 Å². The minimum Gasteiger partial charge on any atom is -0.326 e. The Morgan fingerprint density at radius 3 is 2.53 bits per heavy atom. The maximum absolute atomic E-state index is 6.22. The topological polar surface area (TPSA) is 42.2 Å². The highest BCUT2D eigenvalue weighted by Crippen LogP contribution is 2.18. The van der Waals surface area contributed by atoms with E-state index in [1.165, 1.54) is 0 Å². The van der Waals surface area contributed by atoms with Crippen LogP contribution in [-0.4, -0.2) is 29.0 Å². The molecular weight excluding hydrogens is 210 g/mol. The van der Waals surface area contributed by atoms with E-state index in [-0.39, 0.29) is 11.5 Å². The minimum absolute atomic E-state index is 0.150. The molecule has 1 heterocycles. The Balaban J connectivity index is 2.55. The minimum atomic E-state index is 0.150. The molecule has 0 aliphatic heterocycles. The van der Waals surface area contributed by atoms with Crippen LogP contribution in [0.25, 0.3) is 0 Å². The molecule has 0 fully saturated rings. The third kappa shape index (κ3) is 4.84. The summed E-state index contributed by atoms with van der Waals surface area (Å²) in [6, 6.07) is 6.22. The van der Waals surface area contributed by atoms with Crippen LogP contribution in [0.3, 0.4) is 0 Å². The van der Waals surface area contributed by atoms with Crippen molar-refractivity contribution in [2.75, 3.05) is 13.1 Å². The fourth-order valence-corrected chi connectivity index (χ4v) is 1.58. The summed E-state index contributed by atoms with van der Waals surface area (Å²) in [6.45, 7) is 11.5. The second-order valence-electron chi connectivity index (χ2n) is 5.62. The summed E-state index contributed by atoms with van der Waals surface area (Å²) in [7, 11) is 0. The third-order valence-corrected chi connectivity index (χ3v) is 3.13. The Hall–Kier alpha value is -0.930. The van der Waals surface area contributed by atoms with Gasteiger partial charge in [-0.15, -0.1) is 0 Å². The van der Waals surface area contributed by atoms with Gasteiger partial charge in [0.25, 0.3) is 0 Å². The molecule has 1 atom stereocenters. The highest BCUT2D eigenvalue weighted by atomic mass is 15.1. The van der Waals surface area contributed by atoms with Gasteiger partial charge < -0.3 is 5.73 Å². The molecule has 0 saturated carbocycles. The first-order valence-electron chi connectivity index (χ1n) is 6.31. The molecule has 3 heteroatoms. The van der Waals surface area contributed by atoms with Gasteiger partial charge in [0.1, 0.15) is 0 Å². The maximum Gasteiger partial charge on any atom is 0.0543 e. The number of hydrogen-bond donors (Lipinski definition) is 1. The van der Waals surface area contributed by atoms with Gasteiger partial charge in [-0.3, -0.25) is 9.88 Å². The van der Waals surface area contributed by atoms with Crippen molar-refractivity contribution in [2.45, 2.75) is 40.3 Å². The van der Waals surface area contributed by atoms with Crippen molar-refractivity contribution in [3.8, 4) is 0 Å². The quantitative estimate of drug-likeness (QED) is 0.851. The number of aromatic nitrogens is 1. The van der Waals surface area contributed by atoms with E-state index in [2.05, 4.69) is 43.6 Å². The van der Waals surface area contributed by atoms with Gasteiger partial charge >= 0.3 is 0 Å². The lowest BCUT2D eigenvalue weighted by Crippen LogP contribution is -2.45. The van der Waals surface area contributed by atoms with E-state index < -0.39 is 0 Å². The van der Waals surface area contributed by atoms with Crippen LogP contribution in [0.5, 0.6) is 0 Å². The van der Waals surface area contributed by atoms with Crippen molar-refractivity contribution in [3.63, 3.8) is 0 Å². The van der Waals surface area contributed by atoms with Gasteiger partial charge in [-0.05, 0) is 24.1 Å². The molecule has 0 spiro atoms. The van der Waals surface area contributed by atoms with Gasteiger partial charge in [-0.2, -0.15) is 0 Å². The zero-order valence-electron chi connectivity index (χ0n) is 11.5. The molecule has 0 saturated heterocycles. The van der Waals surface area contributed by atoms with Crippen molar-refractivity contribution < 1.29 is 0 Å². The smallest absolute Gasteiger partial charge is 0.0543 e. The molecule has 0 bridgehead atoms. The van der Waals surface area contributed by atoms with Crippen LogP contribution in [0.15, 0.2) is 24.4 Å². The Morgan fingerprint density at radius 1 is 1.35 bits per heavy atom. The molecule has 1 rings (SSSR count). The Morgan fingerprint density at radius 2 is 2.06 bits per heavy atom. The van der Waals surface area contributed by atoms with E-state index in [4.69, 9.17) is 5.73 Å². The molecule has 0 radical (unpaired) electrons. The van der Waals surface area contributed by atoms with Crippen molar-refractivity contribution in [1.82, 2.24) is 9.88 Å². The van der Waals surface area contributed by atoms with Crippen LogP contribution in [0.4, 0.5) is 0 Å². The predicted octanol–water partition coefficient (Wildman–Crippen LogP) is 2.28. The monoisotopic (exact) mass is 235 g/mol. The Kier molecular flexibility index (Phi) is 5.09. The standard InChI is InChI=1S/C14H25N3/c1-5-17(11-13(15)14(2,3)4)10-12-8-6-7-9-16-12/h6-9,13H,5,10-11,15H2,1-4H3/t13-/m1/s1. The van der Waals surface area contributed by atoms with Crippen molar-refractivity contribution in [2.24, 2.45) is 11.1 Å². The predicted molar refractivity (Wildman–Crippen MR) is 72.6 cm³/mol. The number of rotatable bonds is 5. The first-order valence-corrected chi connectivity index (χ1v) is 6.31. The second kappa shape index (κ2) is 6.12. The summed E-state index contributed by atoms with van der Waals surface area (Å²) in [5, 5.41) is 0. The molecule has 3 nitrogen and oxygen atoms in total. The average molecular weight is 235 g/mol. The van der Waals surface area contributed by atoms with E-state index in [0.29, 0.717) is 0 Å². The van der Waals surface area contributed by atoms with Crippen molar-refractivity contribution in [3.05, 3.63) is 30.1 Å². The van der Waals surface area contributed by atoms with Crippen LogP contribution in [0.1, 0.15) is 33.4 Å². The number of likely N-dealkylation sites (N-methyl/N-ethyl adjacent to an activating group) is 1. The SMILES string of the molecule is CCN(Cc1ccccn1)C[C@@H](N)C(C)(C)C. The normalized spacial score (nSPS) is 14.0. The third-order valence-electron chi connectivity index (χ3n) is 3.13. The molecule has 0 aliphatic rings. The zero-order valence-corrected chi connectivity index (χ0v) is 11.5. The summed E-state index contributed by atoms with van der Waals surface area (Å²) in [5.41, 5.74) is 7.48. The fourth-order valence-electron chi connectivity index (χ4n) is 1.58. The van der Waals surface area contributed by atoms with E-state index in [9.17, 15) is 0 Å². The number of nitrogens with zero attached hydrogens (tertiary/aromatic N) is 2. The highest BCUT2D eigenvalue weighted by molar-refractivity contribution is 5.03. The van der Waals surface area contributed by atoms with Crippen LogP contribution in [0.2, 0.25) is 0 Å². The van der Waals surface area contributed by atoms with Crippen molar-refractivity contribution in [1.29, 1.82) is 0 Å². The molecule has 2 N–H and O–H groups in total. The summed E-state index contributed by atoms with van der Waals surface area (Å²) >= 11 is 0. The summed E-state index contributed by atoms with van der Waals surface area (Å²) in [4.78, 5) is 6.70. The van der Waals surface area contributed by atoms with E-state index in [1.54, 1.807) is 0 Å². The first-order chi connectivity index (χ1) is 7.93. The molecule has 0 aromatic carbocycles. The lowest BCUT2D eigenvalue weighted by molar-refractivity contribution is 0.198. The highest BCUT2D eigenvalue weighted by Gasteiger charge is 2.22. The summed E-state index contributed by atoms with van der Waals surface area (Å²) in [5.74, 6) is 0. The summed E-state index contributed by atoms with van der Waals surface area (Å²) in [6.07, 6.45) is 1.84. The lowest BCUT2D eigenvalue weighted by Gasteiger charge is -2.32. The van der Waals surface area contributed by atoms with Crippen LogP contribution < -0.4 is 5.73 Å². The van der Waals surface area contributed by atoms with Crippen molar-refractivity contribution >= 4 is 0 Å². The molecule has 96 valence electrons. The molecule has 0 amide bonds. The molecular formula is C14H25N3. The fraction of sp³-hybridized carbons (Fsp3) is 0.643. The lowest BCUT2D eigenvalue weighted by atomic mass is 9.87. The molecule has 0 aliphatic carbocycles. The molecule has 1 aromatic rings. The van der Waals surface area contributed by atoms with Gasteiger partial charge in [-0.25, -0.2) is 0 Å². The second-order valence-corrected chi connectivity index (χ2v) is 5.62. The van der Waals surface area contributed by atoms with E-state index in [0.717, 1.165) is 25.3 Å². The summed E-state index contributed by atoms with van der Waals surface area (Å²) < 4.78 is 0. The zero-order chi connectivity index (χ0) is 12.9. The van der Waals surface area contributed by atoms with E-state index in [1.807, 2.05) is 18.3 Å². The van der Waals surface area contributed by atoms with Crippen LogP contribution >= 0.6 is 0 Å². The van der Waals surface area contributed by atoms with Gasteiger partial charge in [0.2, 0.25) is 0 Å².